The van der Waals surface area contributed by atoms with Gasteiger partial charge in [-0.3, -0.25) is 4.79 Å². The Balaban J connectivity index is 1.76. The molecule has 23 heavy (non-hydrogen) atoms. The Morgan fingerprint density at radius 1 is 1.13 bits per heavy atom. The van der Waals surface area contributed by atoms with Gasteiger partial charge >= 0.3 is 5.97 Å². The highest BCUT2D eigenvalue weighted by Crippen LogP contribution is 2.27. The molecule has 1 atom stereocenters. The number of carbonyl (C=O) groups is 1. The third kappa shape index (κ3) is 3.96. The van der Waals surface area contributed by atoms with Gasteiger partial charge in [0.05, 0.1) is 5.92 Å². The Morgan fingerprint density at radius 3 is 2.48 bits per heavy atom. The Kier molecular flexibility index (Phi) is 4.68. The minimum absolute atomic E-state index is 0.461. The second-order valence-electron chi connectivity index (χ2n) is 5.05. The molecule has 0 fully saturated rings. The van der Waals surface area contributed by atoms with Crippen molar-refractivity contribution in [2.45, 2.75) is 12.3 Å². The number of carboxylic acid groups (broad SMARTS) is 1. The summed E-state index contributed by atoms with van der Waals surface area (Å²) in [6, 6.07) is 16.8. The molecule has 116 valence electrons. The topological polar surface area (TPSA) is 59.4 Å². The Hall–Kier alpha value is -2.66. The molecule has 2 aromatic carbocycles. The predicted octanol–water partition coefficient (Wildman–Crippen LogP) is 4.35. The molecular formula is C18H15NO3S. The lowest BCUT2D eigenvalue weighted by atomic mass is 9.92. The molecule has 5 heteroatoms. The molecule has 0 aliphatic heterocycles. The van der Waals surface area contributed by atoms with E-state index in [2.05, 4.69) is 4.98 Å². The standard InChI is InChI=1S/C18H15NO3S/c20-17(21)16(12-13-4-2-1-3-5-13)14-6-8-15(9-7-14)22-18-19-10-11-23-18/h1-11,16H,12H2,(H,20,21). The second kappa shape index (κ2) is 7.07. The average Bonchev–Trinajstić information content (AvgIpc) is 3.07. The van der Waals surface area contributed by atoms with Crippen LogP contribution in [0, 0.1) is 0 Å². The van der Waals surface area contributed by atoms with Gasteiger partial charge in [0.15, 0.2) is 0 Å². The first-order chi connectivity index (χ1) is 11.2. The average molecular weight is 325 g/mol. The van der Waals surface area contributed by atoms with Crippen molar-refractivity contribution in [2.75, 3.05) is 0 Å². The lowest BCUT2D eigenvalue weighted by Gasteiger charge is -2.13. The van der Waals surface area contributed by atoms with Gasteiger partial charge in [-0.05, 0) is 29.7 Å². The van der Waals surface area contributed by atoms with Crippen LogP contribution in [0.4, 0.5) is 0 Å². The first-order valence-corrected chi connectivity index (χ1v) is 8.04. The minimum Gasteiger partial charge on any atom is -0.481 e. The molecule has 0 spiro atoms. The van der Waals surface area contributed by atoms with Gasteiger partial charge in [0.1, 0.15) is 5.75 Å². The van der Waals surface area contributed by atoms with Crippen LogP contribution in [0.3, 0.4) is 0 Å². The number of nitrogens with zero attached hydrogens (tertiary/aromatic N) is 1. The number of hydrogen-bond acceptors (Lipinski definition) is 4. The highest BCUT2D eigenvalue weighted by molar-refractivity contribution is 7.11. The van der Waals surface area contributed by atoms with E-state index < -0.39 is 11.9 Å². The number of aromatic nitrogens is 1. The molecule has 0 amide bonds. The van der Waals surface area contributed by atoms with E-state index in [9.17, 15) is 9.90 Å². The fraction of sp³-hybridized carbons (Fsp3) is 0.111. The molecule has 1 N–H and O–H groups in total. The van der Waals surface area contributed by atoms with Crippen molar-refractivity contribution in [3.63, 3.8) is 0 Å². The quantitative estimate of drug-likeness (QED) is 0.732. The van der Waals surface area contributed by atoms with Crippen LogP contribution >= 0.6 is 11.3 Å². The van der Waals surface area contributed by atoms with Crippen molar-refractivity contribution in [1.29, 1.82) is 0 Å². The Bertz CT molecular complexity index is 755. The van der Waals surface area contributed by atoms with Gasteiger partial charge in [-0.1, -0.05) is 53.8 Å². The largest absolute Gasteiger partial charge is 0.481 e. The van der Waals surface area contributed by atoms with E-state index in [-0.39, 0.29) is 0 Å². The maximum atomic E-state index is 11.6. The Morgan fingerprint density at radius 2 is 1.87 bits per heavy atom. The van der Waals surface area contributed by atoms with Crippen molar-refractivity contribution < 1.29 is 14.6 Å². The van der Waals surface area contributed by atoms with Gasteiger partial charge in [-0.25, -0.2) is 4.98 Å². The fourth-order valence-corrected chi connectivity index (χ4v) is 2.83. The van der Waals surface area contributed by atoms with Crippen LogP contribution in [0.1, 0.15) is 17.0 Å². The smallest absolute Gasteiger partial charge is 0.311 e. The third-order valence-electron chi connectivity index (χ3n) is 3.48. The monoisotopic (exact) mass is 325 g/mol. The summed E-state index contributed by atoms with van der Waals surface area (Å²) >= 11 is 1.41. The molecule has 3 aromatic rings. The molecular weight excluding hydrogens is 310 g/mol. The van der Waals surface area contributed by atoms with Crippen molar-refractivity contribution in [3.8, 4) is 10.9 Å². The lowest BCUT2D eigenvalue weighted by Crippen LogP contribution is -2.14. The molecule has 0 saturated carbocycles. The first kappa shape index (κ1) is 15.2. The SMILES string of the molecule is O=C(O)C(Cc1ccccc1)c1ccc(Oc2nccs2)cc1. The predicted molar refractivity (Wildman–Crippen MR) is 89.2 cm³/mol. The summed E-state index contributed by atoms with van der Waals surface area (Å²) in [7, 11) is 0. The van der Waals surface area contributed by atoms with Crippen molar-refractivity contribution in [1.82, 2.24) is 4.98 Å². The molecule has 4 nitrogen and oxygen atoms in total. The van der Waals surface area contributed by atoms with Gasteiger partial charge in [0.25, 0.3) is 5.19 Å². The van der Waals surface area contributed by atoms with Gasteiger partial charge in [-0.2, -0.15) is 0 Å². The normalized spacial score (nSPS) is 11.8. The molecule has 0 aliphatic carbocycles. The zero-order chi connectivity index (χ0) is 16.1. The van der Waals surface area contributed by atoms with Gasteiger partial charge in [-0.15, -0.1) is 0 Å². The number of hydrogen-bond donors (Lipinski definition) is 1. The van der Waals surface area contributed by atoms with Gasteiger partial charge in [0.2, 0.25) is 0 Å². The van der Waals surface area contributed by atoms with Crippen molar-refractivity contribution in [3.05, 3.63) is 77.3 Å². The summed E-state index contributed by atoms with van der Waals surface area (Å²) in [5.41, 5.74) is 1.76. The molecule has 0 saturated heterocycles. The summed E-state index contributed by atoms with van der Waals surface area (Å²) in [5.74, 6) is -0.763. The molecule has 1 heterocycles. The summed E-state index contributed by atoms with van der Waals surface area (Å²) in [6.07, 6.45) is 2.14. The first-order valence-electron chi connectivity index (χ1n) is 7.16. The van der Waals surface area contributed by atoms with Crippen LogP contribution in [0.5, 0.6) is 10.9 Å². The van der Waals surface area contributed by atoms with Gasteiger partial charge < -0.3 is 9.84 Å². The highest BCUT2D eigenvalue weighted by atomic mass is 32.1. The summed E-state index contributed by atoms with van der Waals surface area (Å²) < 4.78 is 5.59. The third-order valence-corrected chi connectivity index (χ3v) is 4.13. The molecule has 3 rings (SSSR count). The number of ether oxygens (including phenoxy) is 1. The Labute approximate surface area is 138 Å². The fourth-order valence-electron chi connectivity index (χ4n) is 2.33. The minimum atomic E-state index is -0.831. The number of carboxylic acids is 1. The van der Waals surface area contributed by atoms with Crippen molar-refractivity contribution >= 4 is 17.3 Å². The van der Waals surface area contributed by atoms with E-state index in [1.54, 1.807) is 30.5 Å². The maximum Gasteiger partial charge on any atom is 0.311 e. The molecule has 0 aliphatic rings. The van der Waals surface area contributed by atoms with E-state index in [0.717, 1.165) is 11.1 Å². The summed E-state index contributed by atoms with van der Waals surface area (Å²) in [4.78, 5) is 15.7. The van der Waals surface area contributed by atoms with Crippen molar-refractivity contribution in [2.24, 2.45) is 0 Å². The van der Waals surface area contributed by atoms with Crippen LogP contribution in [-0.2, 0) is 11.2 Å². The van der Waals surface area contributed by atoms with Crippen LogP contribution in [0.15, 0.2) is 66.2 Å². The van der Waals surface area contributed by atoms with E-state index in [4.69, 9.17) is 4.74 Å². The maximum absolute atomic E-state index is 11.6. The lowest BCUT2D eigenvalue weighted by molar-refractivity contribution is -0.138. The van der Waals surface area contributed by atoms with Crippen LogP contribution in [-0.4, -0.2) is 16.1 Å². The number of rotatable bonds is 6. The number of aliphatic carboxylic acids is 1. The van der Waals surface area contributed by atoms with E-state index in [0.29, 0.717) is 17.4 Å². The molecule has 0 bridgehead atoms. The summed E-state index contributed by atoms with van der Waals surface area (Å²) in [5, 5.41) is 11.9. The highest BCUT2D eigenvalue weighted by Gasteiger charge is 2.20. The molecule has 0 radical (unpaired) electrons. The zero-order valence-corrected chi connectivity index (χ0v) is 13.1. The number of thiazole rings is 1. The second-order valence-corrected chi connectivity index (χ2v) is 5.91. The van der Waals surface area contributed by atoms with Crippen LogP contribution < -0.4 is 4.74 Å². The van der Waals surface area contributed by atoms with Crippen LogP contribution in [0.25, 0.3) is 0 Å². The zero-order valence-electron chi connectivity index (χ0n) is 12.3. The van der Waals surface area contributed by atoms with Crippen LogP contribution in [0.2, 0.25) is 0 Å². The van der Waals surface area contributed by atoms with E-state index in [1.807, 2.05) is 35.7 Å². The van der Waals surface area contributed by atoms with Gasteiger partial charge in [0, 0.05) is 11.6 Å². The van der Waals surface area contributed by atoms with E-state index >= 15 is 0 Å². The molecule has 1 unspecified atom stereocenters. The van der Waals surface area contributed by atoms with E-state index in [1.165, 1.54) is 11.3 Å². The number of benzene rings is 2. The summed E-state index contributed by atoms with van der Waals surface area (Å²) in [6.45, 7) is 0. The molecule has 1 aromatic heterocycles.